The summed E-state index contributed by atoms with van der Waals surface area (Å²) >= 11 is 4.64. The molecule has 2 heterocycles. The second-order valence-corrected chi connectivity index (χ2v) is 5.90. The van der Waals surface area contributed by atoms with Crippen molar-refractivity contribution in [1.82, 2.24) is 4.98 Å². The van der Waals surface area contributed by atoms with Crippen molar-refractivity contribution in [1.29, 1.82) is 0 Å². The van der Waals surface area contributed by atoms with Crippen LogP contribution in [0, 0.1) is 0 Å². The number of fused-ring (bicyclic) bond motifs is 1. The summed E-state index contributed by atoms with van der Waals surface area (Å²) in [5.41, 5.74) is 0.505. The average molecular weight is 327 g/mol. The van der Waals surface area contributed by atoms with Crippen molar-refractivity contribution in [3.8, 4) is 11.5 Å². The van der Waals surface area contributed by atoms with Gasteiger partial charge in [0.05, 0.1) is 9.98 Å². The zero-order valence-corrected chi connectivity index (χ0v) is 11.4. The molecule has 0 saturated heterocycles. The molecule has 2 aromatic rings. The predicted octanol–water partition coefficient (Wildman–Crippen LogP) is 2.89. The van der Waals surface area contributed by atoms with E-state index in [1.165, 1.54) is 11.3 Å². The van der Waals surface area contributed by atoms with E-state index in [9.17, 15) is 4.79 Å². The lowest BCUT2D eigenvalue weighted by atomic mass is 10.2. The van der Waals surface area contributed by atoms with Crippen LogP contribution in [0.25, 0.3) is 0 Å². The molecule has 92 valence electrons. The number of nitrogens with one attached hydrogen (secondary N) is 1. The van der Waals surface area contributed by atoms with Crippen LogP contribution in [-0.4, -0.2) is 17.7 Å². The minimum Gasteiger partial charge on any atom is -0.454 e. The second kappa shape index (κ2) is 4.58. The Labute approximate surface area is 115 Å². The van der Waals surface area contributed by atoms with Crippen molar-refractivity contribution in [3.63, 3.8) is 0 Å². The molecule has 1 aromatic carbocycles. The number of benzene rings is 1. The molecule has 0 atom stereocenters. The van der Waals surface area contributed by atoms with Crippen LogP contribution in [0.4, 0.5) is 5.13 Å². The Hall–Kier alpha value is -1.60. The average Bonchev–Trinajstić information content (AvgIpc) is 2.96. The van der Waals surface area contributed by atoms with Crippen LogP contribution < -0.4 is 14.8 Å². The van der Waals surface area contributed by atoms with E-state index in [1.54, 1.807) is 24.4 Å². The summed E-state index contributed by atoms with van der Waals surface area (Å²) in [5.74, 6) is 1.02. The molecule has 7 heteroatoms. The third-order valence-corrected chi connectivity index (χ3v) is 3.72. The number of anilines is 1. The number of thiazole rings is 1. The third kappa shape index (κ3) is 2.19. The molecule has 0 aliphatic carbocycles. The molecule has 1 aliphatic heterocycles. The van der Waals surface area contributed by atoms with E-state index in [0.29, 0.717) is 22.2 Å². The molecule has 18 heavy (non-hydrogen) atoms. The first-order chi connectivity index (χ1) is 8.72. The van der Waals surface area contributed by atoms with E-state index >= 15 is 0 Å². The molecule has 0 bridgehead atoms. The van der Waals surface area contributed by atoms with Crippen LogP contribution in [0.15, 0.2) is 28.2 Å². The van der Waals surface area contributed by atoms with E-state index in [4.69, 9.17) is 9.47 Å². The summed E-state index contributed by atoms with van der Waals surface area (Å²) in [6, 6.07) is 5.06. The Morgan fingerprint density at radius 2 is 2.22 bits per heavy atom. The first-order valence-electron chi connectivity index (χ1n) is 5.05. The topological polar surface area (TPSA) is 60.5 Å². The van der Waals surface area contributed by atoms with Crippen molar-refractivity contribution in [2.45, 2.75) is 0 Å². The van der Waals surface area contributed by atoms with Gasteiger partial charge in [-0.3, -0.25) is 10.1 Å². The number of hydrogen-bond donors (Lipinski definition) is 1. The van der Waals surface area contributed by atoms with Gasteiger partial charge in [-0.15, -0.1) is 0 Å². The maximum Gasteiger partial charge on any atom is 0.257 e. The second-order valence-electron chi connectivity index (χ2n) is 3.49. The zero-order valence-electron chi connectivity index (χ0n) is 8.97. The molecule has 0 unspecified atom stereocenters. The van der Waals surface area contributed by atoms with Crippen LogP contribution in [-0.2, 0) is 0 Å². The minimum absolute atomic E-state index is 0.194. The highest BCUT2D eigenvalue weighted by molar-refractivity contribution is 9.11. The first-order valence-corrected chi connectivity index (χ1v) is 6.65. The summed E-state index contributed by atoms with van der Waals surface area (Å²) in [5, 5.41) is 3.26. The van der Waals surface area contributed by atoms with Gasteiger partial charge >= 0.3 is 0 Å². The van der Waals surface area contributed by atoms with Crippen LogP contribution in [0.5, 0.6) is 11.5 Å². The van der Waals surface area contributed by atoms with E-state index in [0.717, 1.165) is 3.79 Å². The molecule has 1 aliphatic rings. The number of aromatic nitrogens is 1. The predicted molar refractivity (Wildman–Crippen MR) is 70.3 cm³/mol. The van der Waals surface area contributed by atoms with Crippen molar-refractivity contribution in [3.05, 3.63) is 33.7 Å². The summed E-state index contributed by atoms with van der Waals surface area (Å²) in [4.78, 5) is 16.0. The molecule has 0 radical (unpaired) electrons. The van der Waals surface area contributed by atoms with E-state index in [2.05, 4.69) is 26.2 Å². The van der Waals surface area contributed by atoms with E-state index in [1.807, 2.05) is 0 Å². The lowest BCUT2D eigenvalue weighted by molar-refractivity contribution is 0.102. The zero-order chi connectivity index (χ0) is 12.5. The number of hydrogen-bond acceptors (Lipinski definition) is 5. The van der Waals surface area contributed by atoms with Gasteiger partial charge in [0.1, 0.15) is 0 Å². The first kappa shape index (κ1) is 11.5. The molecule has 0 spiro atoms. The van der Waals surface area contributed by atoms with Gasteiger partial charge in [-0.2, -0.15) is 0 Å². The highest BCUT2D eigenvalue weighted by Crippen LogP contribution is 2.32. The van der Waals surface area contributed by atoms with Gasteiger partial charge in [0, 0.05) is 5.56 Å². The van der Waals surface area contributed by atoms with Crippen LogP contribution in [0.1, 0.15) is 10.4 Å². The molecule has 0 fully saturated rings. The number of rotatable bonds is 2. The molecule has 3 rings (SSSR count). The highest BCUT2D eigenvalue weighted by atomic mass is 79.9. The highest BCUT2D eigenvalue weighted by Gasteiger charge is 2.16. The summed E-state index contributed by atoms with van der Waals surface area (Å²) in [6.07, 6.45) is 1.64. The minimum atomic E-state index is -0.227. The number of amides is 1. The lowest BCUT2D eigenvalue weighted by Crippen LogP contribution is -2.11. The molecule has 1 aromatic heterocycles. The van der Waals surface area contributed by atoms with Crippen molar-refractivity contribution < 1.29 is 14.3 Å². The number of halogens is 1. The van der Waals surface area contributed by atoms with Gasteiger partial charge in [-0.05, 0) is 34.1 Å². The fourth-order valence-corrected chi connectivity index (χ4v) is 2.62. The summed E-state index contributed by atoms with van der Waals surface area (Å²) in [7, 11) is 0. The largest absolute Gasteiger partial charge is 0.454 e. The standard InChI is InChI=1S/C11H7BrN2O3S/c12-9-4-13-11(18-9)14-10(15)6-1-2-7-8(3-6)17-5-16-7/h1-4H,5H2,(H,13,14,15). The SMILES string of the molecule is O=C(Nc1ncc(Br)s1)c1ccc2c(c1)OCO2. The fourth-order valence-electron chi connectivity index (χ4n) is 1.52. The van der Waals surface area contributed by atoms with Crippen molar-refractivity contribution in [2.24, 2.45) is 0 Å². The normalized spacial score (nSPS) is 12.5. The van der Waals surface area contributed by atoms with Gasteiger partial charge in [0.15, 0.2) is 16.6 Å². The van der Waals surface area contributed by atoms with Crippen LogP contribution in [0.2, 0.25) is 0 Å². The number of ether oxygens (including phenoxy) is 2. The summed E-state index contributed by atoms with van der Waals surface area (Å²) < 4.78 is 11.3. The monoisotopic (exact) mass is 326 g/mol. The smallest absolute Gasteiger partial charge is 0.257 e. The van der Waals surface area contributed by atoms with Gasteiger partial charge in [-0.25, -0.2) is 4.98 Å². The third-order valence-electron chi connectivity index (χ3n) is 2.33. The van der Waals surface area contributed by atoms with Gasteiger partial charge in [-0.1, -0.05) is 11.3 Å². The Bertz CT molecular complexity index is 614. The molecular weight excluding hydrogens is 320 g/mol. The van der Waals surface area contributed by atoms with Crippen LogP contribution >= 0.6 is 27.3 Å². The van der Waals surface area contributed by atoms with Gasteiger partial charge in [0.2, 0.25) is 6.79 Å². The summed E-state index contributed by atoms with van der Waals surface area (Å²) in [6.45, 7) is 0.194. The van der Waals surface area contributed by atoms with Gasteiger partial charge < -0.3 is 9.47 Å². The van der Waals surface area contributed by atoms with Crippen LogP contribution in [0.3, 0.4) is 0 Å². The van der Waals surface area contributed by atoms with E-state index in [-0.39, 0.29) is 12.7 Å². The number of carbonyl (C=O) groups is 1. The number of nitrogens with zero attached hydrogens (tertiary/aromatic N) is 1. The lowest BCUT2D eigenvalue weighted by Gasteiger charge is -2.02. The molecule has 0 saturated carbocycles. The quantitative estimate of drug-likeness (QED) is 0.921. The maximum absolute atomic E-state index is 12.0. The Kier molecular flexibility index (Phi) is 2.92. The molecule has 1 amide bonds. The van der Waals surface area contributed by atoms with E-state index < -0.39 is 0 Å². The fraction of sp³-hybridized carbons (Fsp3) is 0.0909. The number of carbonyl (C=O) groups excluding carboxylic acids is 1. The maximum atomic E-state index is 12.0. The Morgan fingerprint density at radius 3 is 3.00 bits per heavy atom. The molecular formula is C11H7BrN2O3S. The van der Waals surface area contributed by atoms with Gasteiger partial charge in [0.25, 0.3) is 5.91 Å². The Balaban J connectivity index is 1.80. The van der Waals surface area contributed by atoms with Crippen molar-refractivity contribution in [2.75, 3.05) is 12.1 Å². The molecule has 1 N–H and O–H groups in total. The Morgan fingerprint density at radius 1 is 1.39 bits per heavy atom. The van der Waals surface area contributed by atoms with Crippen molar-refractivity contribution >= 4 is 38.3 Å². The molecule has 5 nitrogen and oxygen atoms in total.